The second kappa shape index (κ2) is 8.37. The number of sulfonamides is 1. The van der Waals surface area contributed by atoms with Gasteiger partial charge in [0, 0.05) is 5.54 Å². The second-order valence-electron chi connectivity index (χ2n) is 7.90. The molecule has 0 atom stereocenters. The van der Waals surface area contributed by atoms with Crippen molar-refractivity contribution in [2.24, 2.45) is 0 Å². The van der Waals surface area contributed by atoms with E-state index in [4.69, 9.17) is 0 Å². The van der Waals surface area contributed by atoms with Crippen LogP contribution in [-0.4, -0.2) is 62.9 Å². The van der Waals surface area contributed by atoms with Gasteiger partial charge in [-0.25, -0.2) is 13.2 Å². The smallest absolute Gasteiger partial charge is 0.322 e. The first-order chi connectivity index (χ1) is 12.5. The molecular formula is C18H29N4O4S+. The molecule has 0 unspecified atom stereocenters. The van der Waals surface area contributed by atoms with Crippen LogP contribution in [0, 0.1) is 6.92 Å². The number of carbonyl (C=O) groups is 2. The molecule has 27 heavy (non-hydrogen) atoms. The maximum absolute atomic E-state index is 12.7. The van der Waals surface area contributed by atoms with Gasteiger partial charge < -0.3 is 10.2 Å². The molecular weight excluding hydrogens is 368 g/mol. The van der Waals surface area contributed by atoms with Gasteiger partial charge >= 0.3 is 6.03 Å². The van der Waals surface area contributed by atoms with Crippen LogP contribution in [0.1, 0.15) is 26.3 Å². The van der Waals surface area contributed by atoms with E-state index in [1.165, 1.54) is 4.31 Å². The van der Waals surface area contributed by atoms with Crippen LogP contribution in [0.3, 0.4) is 0 Å². The number of carbonyl (C=O) groups excluding carboxylic acids is 2. The van der Waals surface area contributed by atoms with Crippen LogP contribution in [0.15, 0.2) is 29.2 Å². The molecule has 2 rings (SSSR count). The Morgan fingerprint density at radius 1 is 1.11 bits per heavy atom. The Labute approximate surface area is 161 Å². The van der Waals surface area contributed by atoms with E-state index in [1.807, 2.05) is 27.7 Å². The molecule has 0 saturated carbocycles. The van der Waals surface area contributed by atoms with Crippen LogP contribution in [-0.2, 0) is 14.8 Å². The number of rotatable bonds is 4. The predicted octanol–water partition coefficient (Wildman–Crippen LogP) is -0.491. The van der Waals surface area contributed by atoms with E-state index in [1.54, 1.807) is 24.3 Å². The quantitative estimate of drug-likeness (QED) is 0.638. The number of amides is 3. The number of urea groups is 1. The molecule has 9 heteroatoms. The predicted molar refractivity (Wildman–Crippen MR) is 102 cm³/mol. The molecule has 0 spiro atoms. The van der Waals surface area contributed by atoms with Gasteiger partial charge in [-0.3, -0.25) is 10.1 Å². The zero-order valence-corrected chi connectivity index (χ0v) is 17.1. The van der Waals surface area contributed by atoms with Crippen molar-refractivity contribution in [2.75, 3.05) is 32.7 Å². The third kappa shape index (κ3) is 6.30. The van der Waals surface area contributed by atoms with Gasteiger partial charge in [0.1, 0.15) is 0 Å². The summed E-state index contributed by atoms with van der Waals surface area (Å²) in [6.07, 6.45) is 0. The molecule has 8 nitrogen and oxygen atoms in total. The summed E-state index contributed by atoms with van der Waals surface area (Å²) in [4.78, 5) is 25.0. The summed E-state index contributed by atoms with van der Waals surface area (Å²) in [6, 6.07) is 6.27. The Bertz CT molecular complexity index is 777. The highest BCUT2D eigenvalue weighted by atomic mass is 32.2. The fourth-order valence-corrected chi connectivity index (χ4v) is 4.29. The zero-order valence-electron chi connectivity index (χ0n) is 16.3. The third-order valence-electron chi connectivity index (χ3n) is 4.24. The van der Waals surface area contributed by atoms with E-state index >= 15 is 0 Å². The lowest BCUT2D eigenvalue weighted by molar-refractivity contribution is -0.895. The van der Waals surface area contributed by atoms with E-state index in [0.29, 0.717) is 26.2 Å². The van der Waals surface area contributed by atoms with Gasteiger partial charge in [-0.05, 0) is 39.8 Å². The van der Waals surface area contributed by atoms with Crippen molar-refractivity contribution < 1.29 is 22.9 Å². The van der Waals surface area contributed by atoms with Crippen molar-refractivity contribution in [3.05, 3.63) is 29.8 Å². The van der Waals surface area contributed by atoms with Crippen molar-refractivity contribution in [3.63, 3.8) is 0 Å². The average Bonchev–Trinajstić information content (AvgIpc) is 2.53. The summed E-state index contributed by atoms with van der Waals surface area (Å²) >= 11 is 0. The molecule has 1 aromatic carbocycles. The molecule has 1 fully saturated rings. The van der Waals surface area contributed by atoms with E-state index in [-0.39, 0.29) is 17.3 Å². The summed E-state index contributed by atoms with van der Waals surface area (Å²) < 4.78 is 26.8. The number of benzene rings is 1. The molecule has 1 aromatic rings. The average molecular weight is 398 g/mol. The van der Waals surface area contributed by atoms with Crippen molar-refractivity contribution in [3.8, 4) is 0 Å². The third-order valence-corrected chi connectivity index (χ3v) is 6.15. The van der Waals surface area contributed by atoms with Crippen LogP contribution in [0.25, 0.3) is 0 Å². The molecule has 0 aliphatic carbocycles. The van der Waals surface area contributed by atoms with Crippen molar-refractivity contribution in [1.29, 1.82) is 0 Å². The lowest BCUT2D eigenvalue weighted by Crippen LogP contribution is -3.15. The number of aryl methyl sites for hydroxylation is 1. The van der Waals surface area contributed by atoms with Gasteiger partial charge in [-0.15, -0.1) is 0 Å². The molecule has 1 heterocycles. The van der Waals surface area contributed by atoms with Crippen molar-refractivity contribution in [1.82, 2.24) is 14.9 Å². The minimum absolute atomic E-state index is 0.135. The van der Waals surface area contributed by atoms with Gasteiger partial charge in [-0.1, -0.05) is 17.7 Å². The fourth-order valence-electron chi connectivity index (χ4n) is 2.85. The van der Waals surface area contributed by atoms with Gasteiger partial charge in [0.2, 0.25) is 10.0 Å². The number of nitrogens with zero attached hydrogens (tertiary/aromatic N) is 1. The first kappa shape index (κ1) is 21.3. The van der Waals surface area contributed by atoms with Crippen molar-refractivity contribution >= 4 is 22.0 Å². The van der Waals surface area contributed by atoms with Crippen LogP contribution in [0.4, 0.5) is 4.79 Å². The van der Waals surface area contributed by atoms with Gasteiger partial charge in [0.05, 0.1) is 31.1 Å². The van der Waals surface area contributed by atoms with Crippen LogP contribution >= 0.6 is 0 Å². The first-order valence-electron chi connectivity index (χ1n) is 9.00. The topological polar surface area (TPSA) is 100 Å². The van der Waals surface area contributed by atoms with Crippen molar-refractivity contribution in [2.45, 2.75) is 38.1 Å². The minimum Gasteiger partial charge on any atom is -0.333 e. The number of imide groups is 1. The number of hydrogen-bond donors (Lipinski definition) is 3. The SMILES string of the molecule is Cc1ccc(S(=O)(=O)N2CC[NH+](CC(=O)NC(=O)NC(C)(C)C)CC2)cc1. The Morgan fingerprint density at radius 2 is 1.67 bits per heavy atom. The summed E-state index contributed by atoms with van der Waals surface area (Å²) in [5.74, 6) is -0.374. The molecule has 0 radical (unpaired) electrons. The Hall–Kier alpha value is -1.97. The Morgan fingerprint density at radius 3 is 2.19 bits per heavy atom. The molecule has 0 bridgehead atoms. The highest BCUT2D eigenvalue weighted by Crippen LogP contribution is 2.16. The standard InChI is InChI=1S/C18H28N4O4S/c1-14-5-7-15(8-6-14)27(25,26)22-11-9-21(10-12-22)13-16(23)19-17(24)20-18(2,3)4/h5-8H,9-13H2,1-4H3,(H2,19,20,23,24)/p+1. The second-order valence-corrected chi connectivity index (χ2v) is 9.83. The van der Waals surface area contributed by atoms with E-state index in [0.717, 1.165) is 10.5 Å². The molecule has 1 aliphatic rings. The monoisotopic (exact) mass is 397 g/mol. The lowest BCUT2D eigenvalue weighted by atomic mass is 10.1. The number of piperazine rings is 1. The minimum atomic E-state index is -3.51. The first-order valence-corrected chi connectivity index (χ1v) is 10.4. The maximum atomic E-state index is 12.7. The van der Waals surface area contributed by atoms with Crippen LogP contribution in [0.5, 0.6) is 0 Å². The summed E-state index contributed by atoms with van der Waals surface area (Å²) in [5.41, 5.74) is 0.581. The van der Waals surface area contributed by atoms with Crippen LogP contribution < -0.4 is 15.5 Å². The molecule has 3 amide bonds. The lowest BCUT2D eigenvalue weighted by Gasteiger charge is -2.31. The maximum Gasteiger partial charge on any atom is 0.322 e. The Kier molecular flexibility index (Phi) is 6.61. The van der Waals surface area contributed by atoms with E-state index in [2.05, 4.69) is 10.6 Å². The van der Waals surface area contributed by atoms with Gasteiger partial charge in [-0.2, -0.15) is 4.31 Å². The highest BCUT2D eigenvalue weighted by molar-refractivity contribution is 7.89. The number of hydrogen-bond acceptors (Lipinski definition) is 4. The number of nitrogens with one attached hydrogen (secondary N) is 3. The van der Waals surface area contributed by atoms with E-state index in [9.17, 15) is 18.0 Å². The molecule has 150 valence electrons. The van der Waals surface area contributed by atoms with Crippen LogP contribution in [0.2, 0.25) is 0 Å². The molecule has 1 saturated heterocycles. The largest absolute Gasteiger partial charge is 0.333 e. The fraction of sp³-hybridized carbons (Fsp3) is 0.556. The van der Waals surface area contributed by atoms with E-state index < -0.39 is 21.6 Å². The van der Waals surface area contributed by atoms with Gasteiger partial charge in [0.15, 0.2) is 6.54 Å². The number of quaternary nitrogens is 1. The Balaban J connectivity index is 1.85. The summed E-state index contributed by atoms with van der Waals surface area (Å²) in [7, 11) is -3.51. The highest BCUT2D eigenvalue weighted by Gasteiger charge is 2.31. The summed E-state index contributed by atoms with van der Waals surface area (Å²) in [6.45, 7) is 9.24. The summed E-state index contributed by atoms with van der Waals surface area (Å²) in [5, 5.41) is 4.98. The molecule has 0 aromatic heterocycles. The molecule has 1 aliphatic heterocycles. The normalized spacial score (nSPS) is 16.7. The zero-order chi connectivity index (χ0) is 20.2. The molecule has 3 N–H and O–H groups in total. The van der Waals surface area contributed by atoms with Gasteiger partial charge in [0.25, 0.3) is 5.91 Å².